The molecular formula is C7H10O. The van der Waals surface area contributed by atoms with Crippen molar-refractivity contribution in [1.29, 1.82) is 0 Å². The van der Waals surface area contributed by atoms with Gasteiger partial charge in [-0.1, -0.05) is 19.9 Å². The molecule has 0 aromatic heterocycles. The van der Waals surface area contributed by atoms with Crippen molar-refractivity contribution < 1.29 is 4.79 Å². The predicted molar refractivity (Wildman–Crippen MR) is 32.5 cm³/mol. The highest BCUT2D eigenvalue weighted by Crippen LogP contribution is 2.36. The van der Waals surface area contributed by atoms with Crippen molar-refractivity contribution >= 4 is 6.29 Å². The first-order valence-electron chi connectivity index (χ1n) is 2.81. The second-order valence-electron chi connectivity index (χ2n) is 3.00. The van der Waals surface area contributed by atoms with E-state index in [1.54, 1.807) is 0 Å². The van der Waals surface area contributed by atoms with Crippen LogP contribution in [-0.2, 0) is 4.79 Å². The smallest absolute Gasteiger partial charge is 0.145 e. The summed E-state index contributed by atoms with van der Waals surface area (Å²) in [5.74, 6) is 0. The van der Waals surface area contributed by atoms with Crippen LogP contribution in [0, 0.1) is 5.41 Å². The van der Waals surface area contributed by atoms with Crippen molar-refractivity contribution in [3.63, 3.8) is 0 Å². The molecule has 0 atom stereocenters. The highest BCUT2D eigenvalue weighted by atomic mass is 16.1. The van der Waals surface area contributed by atoms with E-state index in [4.69, 9.17) is 0 Å². The Morgan fingerprint density at radius 2 is 2.25 bits per heavy atom. The number of rotatable bonds is 1. The first-order chi connectivity index (χ1) is 3.64. The second-order valence-corrected chi connectivity index (χ2v) is 3.00. The average Bonchev–Trinajstić information content (AvgIpc) is 1.60. The van der Waals surface area contributed by atoms with Crippen LogP contribution in [0.3, 0.4) is 0 Å². The zero-order valence-corrected chi connectivity index (χ0v) is 5.27. The maximum absolute atomic E-state index is 10.0. The molecule has 0 saturated carbocycles. The van der Waals surface area contributed by atoms with E-state index in [1.807, 2.05) is 6.08 Å². The van der Waals surface area contributed by atoms with E-state index in [1.165, 1.54) is 0 Å². The minimum atomic E-state index is 0.302. The van der Waals surface area contributed by atoms with Crippen LogP contribution in [0.2, 0.25) is 0 Å². The largest absolute Gasteiger partial charge is 0.298 e. The molecule has 1 aliphatic carbocycles. The maximum Gasteiger partial charge on any atom is 0.145 e. The van der Waals surface area contributed by atoms with Crippen molar-refractivity contribution in [2.24, 2.45) is 5.41 Å². The first-order valence-corrected chi connectivity index (χ1v) is 2.81. The zero-order chi connectivity index (χ0) is 6.20. The Bertz CT molecular complexity index is 142. The Hall–Kier alpha value is -0.590. The molecule has 1 nitrogen and oxygen atoms in total. The van der Waals surface area contributed by atoms with Crippen LogP contribution in [0.25, 0.3) is 0 Å². The molecule has 0 unspecified atom stereocenters. The molecular weight excluding hydrogens is 100 g/mol. The third-order valence-corrected chi connectivity index (χ3v) is 1.39. The monoisotopic (exact) mass is 110 g/mol. The van der Waals surface area contributed by atoms with Crippen LogP contribution in [-0.4, -0.2) is 6.29 Å². The highest BCUT2D eigenvalue weighted by molar-refractivity contribution is 5.76. The molecule has 0 N–H and O–H groups in total. The maximum atomic E-state index is 10.0. The Morgan fingerprint density at radius 3 is 2.38 bits per heavy atom. The molecule has 0 bridgehead atoms. The predicted octanol–water partition coefficient (Wildman–Crippen LogP) is 1.54. The van der Waals surface area contributed by atoms with Gasteiger partial charge in [0.2, 0.25) is 0 Å². The molecule has 8 heavy (non-hydrogen) atoms. The van der Waals surface area contributed by atoms with Gasteiger partial charge in [-0.15, -0.1) is 0 Å². The number of carbonyl (C=O) groups is 1. The fourth-order valence-corrected chi connectivity index (χ4v) is 1.07. The molecule has 0 heterocycles. The Kier molecular flexibility index (Phi) is 0.999. The summed E-state index contributed by atoms with van der Waals surface area (Å²) in [5.41, 5.74) is 1.26. The van der Waals surface area contributed by atoms with Gasteiger partial charge in [-0.05, 0) is 17.4 Å². The SMILES string of the molecule is CC1(C)C=C(C=O)C1. The molecule has 0 saturated heterocycles. The van der Waals surface area contributed by atoms with Crippen LogP contribution in [0.15, 0.2) is 11.6 Å². The molecule has 0 aromatic rings. The Balaban J connectivity index is 2.62. The molecule has 0 fully saturated rings. The van der Waals surface area contributed by atoms with Crippen LogP contribution < -0.4 is 0 Å². The van der Waals surface area contributed by atoms with E-state index < -0.39 is 0 Å². The molecule has 0 aliphatic heterocycles. The van der Waals surface area contributed by atoms with Gasteiger partial charge in [0.15, 0.2) is 0 Å². The third kappa shape index (κ3) is 0.808. The number of allylic oxidation sites excluding steroid dienone is 2. The van der Waals surface area contributed by atoms with Crippen molar-refractivity contribution in [3.05, 3.63) is 11.6 Å². The molecule has 1 heteroatoms. The van der Waals surface area contributed by atoms with Crippen molar-refractivity contribution in [2.45, 2.75) is 20.3 Å². The van der Waals surface area contributed by atoms with Gasteiger partial charge in [-0.25, -0.2) is 0 Å². The number of hydrogen-bond donors (Lipinski definition) is 0. The lowest BCUT2D eigenvalue weighted by Crippen LogP contribution is -2.19. The molecule has 0 aromatic carbocycles. The fourth-order valence-electron chi connectivity index (χ4n) is 1.07. The number of aldehydes is 1. The van der Waals surface area contributed by atoms with Crippen molar-refractivity contribution in [2.75, 3.05) is 0 Å². The van der Waals surface area contributed by atoms with Gasteiger partial charge in [0, 0.05) is 0 Å². The van der Waals surface area contributed by atoms with Gasteiger partial charge in [-0.2, -0.15) is 0 Å². The molecule has 0 amide bonds. The third-order valence-electron chi connectivity index (χ3n) is 1.39. The summed E-state index contributed by atoms with van der Waals surface area (Å²) in [6.45, 7) is 4.25. The van der Waals surface area contributed by atoms with Crippen LogP contribution in [0.4, 0.5) is 0 Å². The minimum absolute atomic E-state index is 0.302. The van der Waals surface area contributed by atoms with Crippen molar-refractivity contribution in [3.8, 4) is 0 Å². The van der Waals surface area contributed by atoms with Crippen molar-refractivity contribution in [1.82, 2.24) is 0 Å². The molecule has 1 rings (SSSR count). The standard InChI is InChI=1S/C7H10O/c1-7(2)3-6(4-7)5-8/h3,5H,4H2,1-2H3. The van der Waals surface area contributed by atoms with Gasteiger partial charge in [0.05, 0.1) is 0 Å². The van der Waals surface area contributed by atoms with Gasteiger partial charge >= 0.3 is 0 Å². The van der Waals surface area contributed by atoms with E-state index >= 15 is 0 Å². The number of hydrogen-bond acceptors (Lipinski definition) is 1. The minimum Gasteiger partial charge on any atom is -0.298 e. The summed E-state index contributed by atoms with van der Waals surface area (Å²) in [6.07, 6.45) is 3.90. The van der Waals surface area contributed by atoms with Gasteiger partial charge < -0.3 is 0 Å². The summed E-state index contributed by atoms with van der Waals surface area (Å²) >= 11 is 0. The Labute approximate surface area is 49.4 Å². The normalized spacial score (nSPS) is 23.5. The lowest BCUT2D eigenvalue weighted by molar-refractivity contribution is -0.105. The summed E-state index contributed by atoms with van der Waals surface area (Å²) in [7, 11) is 0. The lowest BCUT2D eigenvalue weighted by atomic mass is 9.75. The van der Waals surface area contributed by atoms with Gasteiger partial charge in [0.1, 0.15) is 6.29 Å². The van der Waals surface area contributed by atoms with E-state index in [0.717, 1.165) is 18.3 Å². The molecule has 44 valence electrons. The highest BCUT2D eigenvalue weighted by Gasteiger charge is 2.25. The zero-order valence-electron chi connectivity index (χ0n) is 5.27. The first kappa shape index (κ1) is 5.54. The molecule has 0 radical (unpaired) electrons. The quantitative estimate of drug-likeness (QED) is 0.468. The summed E-state index contributed by atoms with van der Waals surface area (Å²) in [4.78, 5) is 10.0. The average molecular weight is 110 g/mol. The summed E-state index contributed by atoms with van der Waals surface area (Å²) in [5, 5.41) is 0. The summed E-state index contributed by atoms with van der Waals surface area (Å²) in [6, 6.07) is 0. The van der Waals surface area contributed by atoms with Crippen LogP contribution in [0.1, 0.15) is 20.3 Å². The van der Waals surface area contributed by atoms with E-state index in [9.17, 15) is 4.79 Å². The molecule has 0 spiro atoms. The van der Waals surface area contributed by atoms with Gasteiger partial charge in [-0.3, -0.25) is 4.79 Å². The van der Waals surface area contributed by atoms with Crippen LogP contribution >= 0.6 is 0 Å². The van der Waals surface area contributed by atoms with Gasteiger partial charge in [0.25, 0.3) is 0 Å². The Morgan fingerprint density at radius 1 is 1.75 bits per heavy atom. The summed E-state index contributed by atoms with van der Waals surface area (Å²) < 4.78 is 0. The topological polar surface area (TPSA) is 17.1 Å². The second kappa shape index (κ2) is 1.44. The van der Waals surface area contributed by atoms with Crippen LogP contribution in [0.5, 0.6) is 0 Å². The van der Waals surface area contributed by atoms with E-state index in [0.29, 0.717) is 5.41 Å². The lowest BCUT2D eigenvalue weighted by Gasteiger charge is -2.29. The number of carbonyl (C=O) groups excluding carboxylic acids is 1. The fraction of sp³-hybridized carbons (Fsp3) is 0.571. The van der Waals surface area contributed by atoms with E-state index in [-0.39, 0.29) is 0 Å². The van der Waals surface area contributed by atoms with E-state index in [2.05, 4.69) is 13.8 Å². The molecule has 1 aliphatic rings.